The molecule has 114 valence electrons. The number of halogens is 3. The molecule has 1 unspecified atom stereocenters. The van der Waals surface area contributed by atoms with Crippen LogP contribution in [0.15, 0.2) is 36.7 Å². The molecule has 0 aliphatic heterocycles. The maximum absolute atomic E-state index is 12.2. The van der Waals surface area contributed by atoms with Crippen molar-refractivity contribution < 1.29 is 23.0 Å². The van der Waals surface area contributed by atoms with Gasteiger partial charge in [-0.25, -0.2) is 0 Å². The van der Waals surface area contributed by atoms with E-state index in [-0.39, 0.29) is 12.2 Å². The van der Waals surface area contributed by atoms with Crippen molar-refractivity contribution in [1.82, 2.24) is 9.78 Å². The SMILES string of the molecule is CCn1cc(CC(O)c2cccc(OC(F)(F)F)c2)cn1. The quantitative estimate of drug-likeness (QED) is 0.923. The first kappa shape index (κ1) is 15.4. The molecule has 0 fully saturated rings. The number of hydrogen-bond donors (Lipinski definition) is 1. The molecule has 4 nitrogen and oxygen atoms in total. The Kier molecular flexibility index (Phi) is 4.52. The molecule has 0 saturated heterocycles. The smallest absolute Gasteiger partial charge is 0.406 e. The van der Waals surface area contributed by atoms with Gasteiger partial charge in [0.05, 0.1) is 12.3 Å². The number of rotatable bonds is 5. The molecule has 0 bridgehead atoms. The molecule has 1 aromatic carbocycles. The van der Waals surface area contributed by atoms with Crippen molar-refractivity contribution in [3.05, 3.63) is 47.8 Å². The third kappa shape index (κ3) is 4.49. The topological polar surface area (TPSA) is 47.3 Å². The van der Waals surface area contributed by atoms with E-state index in [1.807, 2.05) is 6.92 Å². The number of ether oxygens (including phenoxy) is 1. The van der Waals surface area contributed by atoms with Gasteiger partial charge < -0.3 is 9.84 Å². The lowest BCUT2D eigenvalue weighted by Crippen LogP contribution is -2.17. The van der Waals surface area contributed by atoms with Gasteiger partial charge in [0.25, 0.3) is 0 Å². The largest absolute Gasteiger partial charge is 0.573 e. The summed E-state index contributed by atoms with van der Waals surface area (Å²) in [6.07, 6.45) is -1.97. The number of aryl methyl sites for hydroxylation is 1. The Morgan fingerprint density at radius 3 is 2.76 bits per heavy atom. The van der Waals surface area contributed by atoms with Gasteiger partial charge in [-0.2, -0.15) is 5.10 Å². The van der Waals surface area contributed by atoms with Gasteiger partial charge in [0.2, 0.25) is 0 Å². The monoisotopic (exact) mass is 300 g/mol. The van der Waals surface area contributed by atoms with E-state index in [1.54, 1.807) is 23.1 Å². The van der Waals surface area contributed by atoms with Crippen LogP contribution in [0.4, 0.5) is 13.2 Å². The van der Waals surface area contributed by atoms with Gasteiger partial charge in [0, 0.05) is 19.2 Å². The number of aliphatic hydroxyl groups is 1. The summed E-state index contributed by atoms with van der Waals surface area (Å²) < 4.78 is 42.1. The first-order valence-electron chi connectivity index (χ1n) is 6.42. The lowest BCUT2D eigenvalue weighted by Gasteiger charge is -2.13. The van der Waals surface area contributed by atoms with E-state index in [4.69, 9.17) is 0 Å². The van der Waals surface area contributed by atoms with Gasteiger partial charge in [-0.1, -0.05) is 12.1 Å². The van der Waals surface area contributed by atoms with Gasteiger partial charge in [-0.05, 0) is 30.2 Å². The van der Waals surface area contributed by atoms with Crippen molar-refractivity contribution in [1.29, 1.82) is 0 Å². The molecule has 1 heterocycles. The minimum atomic E-state index is -4.74. The van der Waals surface area contributed by atoms with Crippen LogP contribution in [0.5, 0.6) is 5.75 Å². The number of aromatic nitrogens is 2. The second-order valence-electron chi connectivity index (χ2n) is 4.54. The van der Waals surface area contributed by atoms with Crippen LogP contribution < -0.4 is 4.74 Å². The summed E-state index contributed by atoms with van der Waals surface area (Å²) in [5.74, 6) is -0.344. The second-order valence-corrected chi connectivity index (χ2v) is 4.54. The Morgan fingerprint density at radius 1 is 1.38 bits per heavy atom. The van der Waals surface area contributed by atoms with E-state index in [0.717, 1.165) is 5.56 Å². The summed E-state index contributed by atoms with van der Waals surface area (Å²) in [7, 11) is 0. The van der Waals surface area contributed by atoms with Gasteiger partial charge >= 0.3 is 6.36 Å². The standard InChI is InChI=1S/C14H15F3N2O2/c1-2-19-9-10(8-18-19)6-13(20)11-4-3-5-12(7-11)21-14(15,16)17/h3-5,7-9,13,20H,2,6H2,1H3. The van der Waals surface area contributed by atoms with E-state index in [0.29, 0.717) is 12.1 Å². The fourth-order valence-electron chi connectivity index (χ4n) is 1.94. The van der Waals surface area contributed by atoms with Crippen LogP contribution in [0, 0.1) is 0 Å². The van der Waals surface area contributed by atoms with E-state index < -0.39 is 12.5 Å². The van der Waals surface area contributed by atoms with Crippen LogP contribution in [0.3, 0.4) is 0 Å². The minimum absolute atomic E-state index is 0.273. The molecule has 1 atom stereocenters. The summed E-state index contributed by atoms with van der Waals surface area (Å²) in [6.45, 7) is 2.65. The molecule has 0 spiro atoms. The zero-order valence-electron chi connectivity index (χ0n) is 11.3. The maximum Gasteiger partial charge on any atom is 0.573 e. The van der Waals surface area contributed by atoms with Crippen molar-refractivity contribution in [2.24, 2.45) is 0 Å². The van der Waals surface area contributed by atoms with Gasteiger partial charge in [0.15, 0.2) is 0 Å². The summed E-state index contributed by atoms with van der Waals surface area (Å²) in [6, 6.07) is 5.34. The number of aliphatic hydroxyl groups excluding tert-OH is 1. The summed E-state index contributed by atoms with van der Waals surface area (Å²) in [4.78, 5) is 0. The summed E-state index contributed by atoms with van der Waals surface area (Å²) in [5.41, 5.74) is 1.17. The highest BCUT2D eigenvalue weighted by Crippen LogP contribution is 2.26. The normalized spacial score (nSPS) is 13.2. The van der Waals surface area contributed by atoms with E-state index in [1.165, 1.54) is 18.2 Å². The molecule has 0 aliphatic rings. The number of alkyl halides is 3. The molecule has 0 amide bonds. The van der Waals surface area contributed by atoms with Crippen molar-refractivity contribution in [3.63, 3.8) is 0 Å². The number of hydrogen-bond acceptors (Lipinski definition) is 3. The minimum Gasteiger partial charge on any atom is -0.406 e. The van der Waals surface area contributed by atoms with Gasteiger partial charge in [-0.15, -0.1) is 13.2 Å². The zero-order valence-corrected chi connectivity index (χ0v) is 11.3. The van der Waals surface area contributed by atoms with Crippen LogP contribution in [0.25, 0.3) is 0 Å². The third-order valence-electron chi connectivity index (χ3n) is 2.92. The predicted molar refractivity (Wildman–Crippen MR) is 69.7 cm³/mol. The van der Waals surface area contributed by atoms with Crippen molar-refractivity contribution in [2.75, 3.05) is 0 Å². The highest BCUT2D eigenvalue weighted by atomic mass is 19.4. The molecular weight excluding hydrogens is 285 g/mol. The zero-order chi connectivity index (χ0) is 15.5. The van der Waals surface area contributed by atoms with E-state index >= 15 is 0 Å². The molecule has 1 N–H and O–H groups in total. The Hall–Kier alpha value is -2.02. The van der Waals surface area contributed by atoms with Crippen LogP contribution in [0.1, 0.15) is 24.2 Å². The van der Waals surface area contributed by atoms with Crippen LogP contribution in [-0.2, 0) is 13.0 Å². The molecule has 0 radical (unpaired) electrons. The molecule has 2 aromatic rings. The maximum atomic E-state index is 12.2. The predicted octanol–water partition coefficient (Wildman–Crippen LogP) is 3.08. The van der Waals surface area contributed by atoms with Gasteiger partial charge in [-0.3, -0.25) is 4.68 Å². The average molecular weight is 300 g/mol. The molecule has 1 aromatic heterocycles. The first-order chi connectivity index (χ1) is 9.87. The Labute approximate surface area is 119 Å². The molecule has 0 saturated carbocycles. The summed E-state index contributed by atoms with van der Waals surface area (Å²) in [5, 5.41) is 14.2. The first-order valence-corrected chi connectivity index (χ1v) is 6.42. The molecule has 7 heteroatoms. The van der Waals surface area contributed by atoms with Gasteiger partial charge in [0.1, 0.15) is 5.75 Å². The summed E-state index contributed by atoms with van der Waals surface area (Å²) >= 11 is 0. The average Bonchev–Trinajstić information content (AvgIpc) is 2.84. The van der Waals surface area contributed by atoms with Crippen LogP contribution in [0.2, 0.25) is 0 Å². The fraction of sp³-hybridized carbons (Fsp3) is 0.357. The molecule has 21 heavy (non-hydrogen) atoms. The second kappa shape index (κ2) is 6.17. The Morgan fingerprint density at radius 2 is 2.14 bits per heavy atom. The van der Waals surface area contributed by atoms with Crippen molar-refractivity contribution in [3.8, 4) is 5.75 Å². The van der Waals surface area contributed by atoms with E-state index in [2.05, 4.69) is 9.84 Å². The Bertz CT molecular complexity index is 596. The van der Waals surface area contributed by atoms with Crippen LogP contribution in [-0.4, -0.2) is 21.2 Å². The fourth-order valence-corrected chi connectivity index (χ4v) is 1.94. The lowest BCUT2D eigenvalue weighted by molar-refractivity contribution is -0.274. The lowest BCUT2D eigenvalue weighted by atomic mass is 10.0. The number of benzene rings is 1. The molecular formula is C14H15F3N2O2. The van der Waals surface area contributed by atoms with Crippen molar-refractivity contribution >= 4 is 0 Å². The highest BCUT2D eigenvalue weighted by molar-refractivity contribution is 5.30. The third-order valence-corrected chi connectivity index (χ3v) is 2.92. The Balaban J connectivity index is 2.08. The highest BCUT2D eigenvalue weighted by Gasteiger charge is 2.31. The van der Waals surface area contributed by atoms with Crippen molar-refractivity contribution in [2.45, 2.75) is 32.4 Å². The van der Waals surface area contributed by atoms with Crippen LogP contribution >= 0.6 is 0 Å². The number of nitrogens with zero attached hydrogens (tertiary/aromatic N) is 2. The molecule has 0 aliphatic carbocycles. The van der Waals surface area contributed by atoms with E-state index in [9.17, 15) is 18.3 Å². The molecule has 2 rings (SSSR count).